The molecule has 0 saturated carbocycles. The maximum absolute atomic E-state index is 11.7. The summed E-state index contributed by atoms with van der Waals surface area (Å²) in [6, 6.07) is 0.0478. The van der Waals surface area contributed by atoms with Gasteiger partial charge in [-0.05, 0) is 32.9 Å². The summed E-state index contributed by atoms with van der Waals surface area (Å²) in [4.78, 5) is 22.6. The molecule has 0 aromatic rings. The predicted molar refractivity (Wildman–Crippen MR) is 83.9 cm³/mol. The molecule has 0 saturated heterocycles. The molecule has 0 aliphatic rings. The van der Waals surface area contributed by atoms with Gasteiger partial charge >= 0.3 is 6.09 Å². The number of amides is 1. The summed E-state index contributed by atoms with van der Waals surface area (Å²) in [5, 5.41) is 2.99. The zero-order valence-electron chi connectivity index (χ0n) is 12.4. The molecular formula is C13H25NO3S2. The highest BCUT2D eigenvalue weighted by Crippen LogP contribution is 2.12. The summed E-state index contributed by atoms with van der Waals surface area (Å²) in [6.07, 6.45) is 0.387. The van der Waals surface area contributed by atoms with E-state index in [0.29, 0.717) is 0 Å². The van der Waals surface area contributed by atoms with Gasteiger partial charge in [-0.2, -0.15) is 11.8 Å². The molecule has 0 heterocycles. The average molecular weight is 307 g/mol. The standard InChI is InChI=1S/C13H25NO3S2/c1-6-18-9-11(7-8-19-10(2)15)14-12(16)17-13(3,4)5/h11H,6-9H2,1-5H3,(H,14,16). The molecule has 0 aliphatic carbocycles. The number of nitrogens with one attached hydrogen (secondary N) is 1. The first-order valence-corrected chi connectivity index (χ1v) is 8.59. The Labute approximate surface area is 124 Å². The van der Waals surface area contributed by atoms with Crippen LogP contribution in [0.5, 0.6) is 0 Å². The van der Waals surface area contributed by atoms with Crippen LogP contribution in [0, 0.1) is 0 Å². The van der Waals surface area contributed by atoms with Crippen LogP contribution in [0.4, 0.5) is 4.79 Å². The van der Waals surface area contributed by atoms with E-state index >= 15 is 0 Å². The second kappa shape index (κ2) is 9.53. The van der Waals surface area contributed by atoms with Gasteiger partial charge in [-0.25, -0.2) is 4.79 Å². The van der Waals surface area contributed by atoms with Gasteiger partial charge in [-0.3, -0.25) is 4.79 Å². The number of hydrogen-bond acceptors (Lipinski definition) is 5. The minimum Gasteiger partial charge on any atom is -0.444 e. The quantitative estimate of drug-likeness (QED) is 0.782. The molecule has 1 unspecified atom stereocenters. The summed E-state index contributed by atoms with van der Waals surface area (Å²) in [6.45, 7) is 9.16. The van der Waals surface area contributed by atoms with Crippen molar-refractivity contribution >= 4 is 34.7 Å². The van der Waals surface area contributed by atoms with Crippen molar-refractivity contribution in [3.8, 4) is 0 Å². The van der Waals surface area contributed by atoms with Crippen LogP contribution in [-0.4, -0.2) is 40.1 Å². The molecule has 0 aromatic carbocycles. The third kappa shape index (κ3) is 12.4. The van der Waals surface area contributed by atoms with E-state index in [-0.39, 0.29) is 17.3 Å². The van der Waals surface area contributed by atoms with Gasteiger partial charge in [0.25, 0.3) is 0 Å². The monoisotopic (exact) mass is 307 g/mol. The second-order valence-electron chi connectivity index (χ2n) is 5.13. The predicted octanol–water partition coefficient (Wildman–Crippen LogP) is 3.30. The fraction of sp³-hybridized carbons (Fsp3) is 0.846. The van der Waals surface area contributed by atoms with Crippen molar-refractivity contribution in [1.82, 2.24) is 5.32 Å². The van der Waals surface area contributed by atoms with E-state index < -0.39 is 5.60 Å². The van der Waals surface area contributed by atoms with Gasteiger partial charge in [0.1, 0.15) is 5.60 Å². The van der Waals surface area contributed by atoms with Crippen molar-refractivity contribution in [2.45, 2.75) is 52.7 Å². The van der Waals surface area contributed by atoms with Gasteiger partial charge in [0, 0.05) is 24.5 Å². The second-order valence-corrected chi connectivity index (χ2v) is 7.72. The van der Waals surface area contributed by atoms with Crippen LogP contribution in [0.25, 0.3) is 0 Å². The van der Waals surface area contributed by atoms with Crippen LogP contribution >= 0.6 is 23.5 Å². The maximum atomic E-state index is 11.7. The van der Waals surface area contributed by atoms with E-state index in [1.54, 1.807) is 18.7 Å². The zero-order chi connectivity index (χ0) is 14.9. The molecule has 0 aromatic heterocycles. The lowest BCUT2D eigenvalue weighted by molar-refractivity contribution is -0.109. The highest BCUT2D eigenvalue weighted by Gasteiger charge is 2.19. The van der Waals surface area contributed by atoms with Crippen molar-refractivity contribution in [3.05, 3.63) is 0 Å². The molecule has 0 radical (unpaired) electrons. The molecule has 0 rings (SSSR count). The first kappa shape index (κ1) is 18.6. The minimum absolute atomic E-state index is 0.0478. The van der Waals surface area contributed by atoms with Crippen molar-refractivity contribution in [2.24, 2.45) is 0 Å². The molecule has 112 valence electrons. The van der Waals surface area contributed by atoms with Crippen molar-refractivity contribution in [1.29, 1.82) is 0 Å². The number of rotatable bonds is 7. The zero-order valence-corrected chi connectivity index (χ0v) is 14.1. The Morgan fingerprint density at radius 2 is 1.95 bits per heavy atom. The Morgan fingerprint density at radius 1 is 1.32 bits per heavy atom. The Bertz CT molecular complexity index is 290. The smallest absolute Gasteiger partial charge is 0.407 e. The maximum Gasteiger partial charge on any atom is 0.407 e. The molecule has 0 fully saturated rings. The van der Waals surface area contributed by atoms with Crippen molar-refractivity contribution in [2.75, 3.05) is 17.3 Å². The summed E-state index contributed by atoms with van der Waals surface area (Å²) in [5.41, 5.74) is -0.485. The van der Waals surface area contributed by atoms with Gasteiger partial charge in [-0.1, -0.05) is 18.7 Å². The Hall–Kier alpha value is -0.360. The van der Waals surface area contributed by atoms with Crippen molar-refractivity contribution < 1.29 is 14.3 Å². The summed E-state index contributed by atoms with van der Waals surface area (Å²) in [5.74, 6) is 2.57. The third-order valence-electron chi connectivity index (χ3n) is 2.02. The number of alkyl carbamates (subject to hydrolysis) is 1. The number of carbonyl (C=O) groups is 2. The molecule has 1 N–H and O–H groups in total. The topological polar surface area (TPSA) is 55.4 Å². The lowest BCUT2D eigenvalue weighted by atomic mass is 10.2. The molecule has 1 atom stereocenters. The van der Waals surface area contributed by atoms with Crippen LogP contribution in [-0.2, 0) is 9.53 Å². The average Bonchev–Trinajstić information content (AvgIpc) is 2.22. The van der Waals surface area contributed by atoms with E-state index in [0.717, 1.165) is 23.7 Å². The largest absolute Gasteiger partial charge is 0.444 e. The first-order chi connectivity index (χ1) is 8.74. The van der Waals surface area contributed by atoms with E-state index in [1.165, 1.54) is 11.8 Å². The van der Waals surface area contributed by atoms with Gasteiger partial charge in [-0.15, -0.1) is 0 Å². The summed E-state index contributed by atoms with van der Waals surface area (Å²) in [7, 11) is 0. The van der Waals surface area contributed by atoms with E-state index in [2.05, 4.69) is 12.2 Å². The molecular weight excluding hydrogens is 282 g/mol. The normalized spacial score (nSPS) is 12.9. The minimum atomic E-state index is -0.485. The molecule has 0 aliphatic heterocycles. The third-order valence-corrected chi connectivity index (χ3v) is 3.91. The highest BCUT2D eigenvalue weighted by atomic mass is 32.2. The van der Waals surface area contributed by atoms with E-state index in [1.807, 2.05) is 20.8 Å². The lowest BCUT2D eigenvalue weighted by Gasteiger charge is -2.23. The molecule has 1 amide bonds. The molecule has 0 bridgehead atoms. The first-order valence-electron chi connectivity index (χ1n) is 6.45. The number of ether oxygens (including phenoxy) is 1. The van der Waals surface area contributed by atoms with Crippen molar-refractivity contribution in [3.63, 3.8) is 0 Å². The van der Waals surface area contributed by atoms with Crippen LogP contribution < -0.4 is 5.32 Å². The van der Waals surface area contributed by atoms with Gasteiger partial charge in [0.15, 0.2) is 5.12 Å². The van der Waals surface area contributed by atoms with Gasteiger partial charge < -0.3 is 10.1 Å². The summed E-state index contributed by atoms with van der Waals surface area (Å²) < 4.78 is 5.24. The van der Waals surface area contributed by atoms with Crippen LogP contribution in [0.3, 0.4) is 0 Å². The Kier molecular flexibility index (Phi) is 9.35. The Balaban J connectivity index is 4.17. The molecule has 6 heteroatoms. The Morgan fingerprint density at radius 3 is 2.42 bits per heavy atom. The molecule has 4 nitrogen and oxygen atoms in total. The number of hydrogen-bond donors (Lipinski definition) is 1. The van der Waals surface area contributed by atoms with Gasteiger partial charge in [0.2, 0.25) is 0 Å². The van der Waals surface area contributed by atoms with Crippen LogP contribution in [0.2, 0.25) is 0 Å². The fourth-order valence-corrected chi connectivity index (χ4v) is 2.74. The number of thioether (sulfide) groups is 2. The SMILES string of the molecule is CCSCC(CCSC(C)=O)NC(=O)OC(C)(C)C. The lowest BCUT2D eigenvalue weighted by Crippen LogP contribution is -2.40. The van der Waals surface area contributed by atoms with Crippen LogP contribution in [0.1, 0.15) is 41.0 Å². The molecule has 19 heavy (non-hydrogen) atoms. The fourth-order valence-electron chi connectivity index (χ4n) is 1.28. The summed E-state index contributed by atoms with van der Waals surface area (Å²) >= 11 is 3.06. The van der Waals surface area contributed by atoms with E-state index in [4.69, 9.17) is 4.74 Å². The van der Waals surface area contributed by atoms with Gasteiger partial charge in [0.05, 0.1) is 0 Å². The van der Waals surface area contributed by atoms with Crippen LogP contribution in [0.15, 0.2) is 0 Å². The highest BCUT2D eigenvalue weighted by molar-refractivity contribution is 8.13. The number of carbonyl (C=O) groups excluding carboxylic acids is 2. The van der Waals surface area contributed by atoms with E-state index in [9.17, 15) is 9.59 Å². The molecule has 0 spiro atoms.